The molecule has 0 saturated carbocycles. The van der Waals surface area contributed by atoms with E-state index < -0.39 is 37.2 Å². The van der Waals surface area contributed by atoms with Crippen molar-refractivity contribution in [2.24, 2.45) is 0 Å². The van der Waals surface area contributed by atoms with Crippen LogP contribution >= 0.6 is 0 Å². The van der Waals surface area contributed by atoms with Crippen molar-refractivity contribution in [3.8, 4) is 0 Å². The maximum atomic E-state index is 12.1. The van der Waals surface area contributed by atoms with Gasteiger partial charge in [0.25, 0.3) is 0 Å². The zero-order valence-electron chi connectivity index (χ0n) is 15.2. The summed E-state index contributed by atoms with van der Waals surface area (Å²) in [5, 5.41) is 6.37. The number of amides is 3. The smallest absolute Gasteiger partial charge is 0.405 e. The van der Waals surface area contributed by atoms with Gasteiger partial charge in [0, 0.05) is 13.1 Å². The van der Waals surface area contributed by atoms with E-state index in [4.69, 9.17) is 0 Å². The van der Waals surface area contributed by atoms with Gasteiger partial charge in [-0.3, -0.25) is 4.79 Å². The predicted molar refractivity (Wildman–Crippen MR) is 95.3 cm³/mol. The Bertz CT molecular complexity index is 734. The maximum absolute atomic E-state index is 12.1. The molecule has 1 aliphatic heterocycles. The molecule has 1 aromatic carbocycles. The van der Waals surface area contributed by atoms with Crippen molar-refractivity contribution in [3.05, 3.63) is 23.8 Å². The summed E-state index contributed by atoms with van der Waals surface area (Å²) >= 11 is 0. The molecule has 0 bridgehead atoms. The molecule has 3 N–H and O–H groups in total. The number of alkyl halides is 3. The zero-order chi connectivity index (χ0) is 20.7. The van der Waals surface area contributed by atoms with Crippen molar-refractivity contribution < 1.29 is 32.3 Å². The Labute approximate surface area is 159 Å². The van der Waals surface area contributed by atoms with E-state index in [0.717, 1.165) is 25.9 Å². The van der Waals surface area contributed by atoms with Crippen molar-refractivity contribution in [1.82, 2.24) is 10.6 Å². The summed E-state index contributed by atoms with van der Waals surface area (Å²) in [5.74, 6) is -1.56. The molecule has 0 atom stereocenters. The van der Waals surface area contributed by atoms with Gasteiger partial charge < -0.3 is 25.6 Å². The molecule has 8 nitrogen and oxygen atoms in total. The van der Waals surface area contributed by atoms with E-state index in [1.54, 1.807) is 17.4 Å². The summed E-state index contributed by atoms with van der Waals surface area (Å²) in [7, 11) is 1.23. The lowest BCUT2D eigenvalue weighted by molar-refractivity contribution is -0.137. The summed E-state index contributed by atoms with van der Waals surface area (Å²) in [5.41, 5.74) is 1.25. The quantitative estimate of drug-likeness (QED) is 0.631. The third-order valence-corrected chi connectivity index (χ3v) is 4.01. The Kier molecular flexibility index (Phi) is 7.07. The fourth-order valence-electron chi connectivity index (χ4n) is 2.70. The first-order valence-corrected chi connectivity index (χ1v) is 8.55. The van der Waals surface area contributed by atoms with Gasteiger partial charge >= 0.3 is 18.2 Å². The molecule has 0 spiro atoms. The van der Waals surface area contributed by atoms with Crippen LogP contribution in [0.1, 0.15) is 23.2 Å². The van der Waals surface area contributed by atoms with Gasteiger partial charge in [0.2, 0.25) is 5.91 Å². The average Bonchev–Trinajstić information content (AvgIpc) is 3.18. The fraction of sp³-hybridized carbons (Fsp3) is 0.471. The number of hydrogen-bond acceptors (Lipinski definition) is 5. The van der Waals surface area contributed by atoms with Crippen molar-refractivity contribution in [1.29, 1.82) is 0 Å². The SMILES string of the molecule is COC(=O)c1ccc(N2CCCC2)c(NC(=O)NCC(=O)NCC(F)(F)F)c1. The lowest BCUT2D eigenvalue weighted by Gasteiger charge is -2.22. The van der Waals surface area contributed by atoms with Gasteiger partial charge in [-0.25, -0.2) is 9.59 Å². The van der Waals surface area contributed by atoms with Crippen LogP contribution < -0.4 is 20.9 Å². The molecule has 3 amide bonds. The standard InChI is InChI=1S/C17H21F3N4O4/c1-28-15(26)11-4-5-13(24-6-2-3-7-24)12(8-11)23-16(27)21-9-14(25)22-10-17(18,19)20/h4-5,8H,2-3,6-7,9-10H2,1H3,(H,22,25)(H2,21,23,27). The Balaban J connectivity index is 2.02. The molecular weight excluding hydrogens is 381 g/mol. The van der Waals surface area contributed by atoms with Gasteiger partial charge in [-0.15, -0.1) is 0 Å². The number of anilines is 2. The van der Waals surface area contributed by atoms with Crippen LogP contribution in [0.2, 0.25) is 0 Å². The Morgan fingerprint density at radius 3 is 2.43 bits per heavy atom. The van der Waals surface area contributed by atoms with Crippen LogP contribution in [0.15, 0.2) is 18.2 Å². The fourth-order valence-corrected chi connectivity index (χ4v) is 2.70. The number of benzene rings is 1. The molecule has 1 saturated heterocycles. The maximum Gasteiger partial charge on any atom is 0.405 e. The Morgan fingerprint density at radius 2 is 1.82 bits per heavy atom. The first-order chi connectivity index (χ1) is 13.2. The number of nitrogens with zero attached hydrogens (tertiary/aromatic N) is 1. The van der Waals surface area contributed by atoms with Gasteiger partial charge in [-0.2, -0.15) is 13.2 Å². The second kappa shape index (κ2) is 9.29. The van der Waals surface area contributed by atoms with E-state index in [-0.39, 0.29) is 5.56 Å². The van der Waals surface area contributed by atoms with Gasteiger partial charge in [0.15, 0.2) is 0 Å². The topological polar surface area (TPSA) is 99.8 Å². The largest absolute Gasteiger partial charge is 0.465 e. The number of carbonyl (C=O) groups excluding carboxylic acids is 3. The van der Waals surface area contributed by atoms with E-state index in [2.05, 4.69) is 15.4 Å². The number of hydrogen-bond donors (Lipinski definition) is 3. The van der Waals surface area contributed by atoms with Crippen molar-refractivity contribution in [2.75, 3.05) is 43.5 Å². The number of nitrogens with one attached hydrogen (secondary N) is 3. The molecule has 0 aliphatic carbocycles. The van der Waals surface area contributed by atoms with Gasteiger partial charge in [0.1, 0.15) is 6.54 Å². The third-order valence-electron chi connectivity index (χ3n) is 4.01. The highest BCUT2D eigenvalue weighted by Gasteiger charge is 2.27. The minimum absolute atomic E-state index is 0.226. The molecule has 154 valence electrons. The normalized spacial score (nSPS) is 13.8. The molecule has 1 heterocycles. The first-order valence-electron chi connectivity index (χ1n) is 8.55. The lowest BCUT2D eigenvalue weighted by Crippen LogP contribution is -2.42. The van der Waals surface area contributed by atoms with Gasteiger partial charge in [-0.05, 0) is 31.0 Å². The number of rotatable bonds is 6. The lowest BCUT2D eigenvalue weighted by atomic mass is 10.1. The molecule has 28 heavy (non-hydrogen) atoms. The van der Waals surface area contributed by atoms with Crippen molar-refractivity contribution in [3.63, 3.8) is 0 Å². The molecule has 0 aromatic heterocycles. The average molecular weight is 402 g/mol. The zero-order valence-corrected chi connectivity index (χ0v) is 15.2. The summed E-state index contributed by atoms with van der Waals surface area (Å²) in [6.07, 6.45) is -2.55. The van der Waals surface area contributed by atoms with Gasteiger partial charge in [-0.1, -0.05) is 0 Å². The Hall–Kier alpha value is -2.98. The number of esters is 1. The molecule has 1 aliphatic rings. The molecule has 2 rings (SSSR count). The highest BCUT2D eigenvalue weighted by atomic mass is 19.4. The minimum atomic E-state index is -4.53. The predicted octanol–water partition coefficient (Wildman–Crippen LogP) is 1.87. The number of halogens is 3. The van der Waals surface area contributed by atoms with E-state index in [1.165, 1.54) is 13.2 Å². The number of ether oxygens (including phenoxy) is 1. The van der Waals surface area contributed by atoms with Crippen LogP contribution in [0.4, 0.5) is 29.3 Å². The van der Waals surface area contributed by atoms with Crippen LogP contribution in [-0.4, -0.2) is 57.4 Å². The number of urea groups is 1. The number of methoxy groups -OCH3 is 1. The monoisotopic (exact) mass is 402 g/mol. The van der Waals surface area contributed by atoms with Crippen LogP contribution in [0.5, 0.6) is 0 Å². The molecular formula is C17H21F3N4O4. The van der Waals surface area contributed by atoms with Crippen LogP contribution in [0.25, 0.3) is 0 Å². The number of carbonyl (C=O) groups is 3. The minimum Gasteiger partial charge on any atom is -0.465 e. The second-order valence-electron chi connectivity index (χ2n) is 6.12. The molecule has 0 unspecified atom stereocenters. The molecule has 0 radical (unpaired) electrons. The van der Waals surface area contributed by atoms with Gasteiger partial charge in [0.05, 0.1) is 30.6 Å². The first kappa shape index (κ1) is 21.3. The van der Waals surface area contributed by atoms with E-state index in [1.807, 2.05) is 4.90 Å². The van der Waals surface area contributed by atoms with Crippen molar-refractivity contribution in [2.45, 2.75) is 19.0 Å². The summed E-state index contributed by atoms with van der Waals surface area (Å²) in [6.45, 7) is -0.533. The van der Waals surface area contributed by atoms with E-state index >= 15 is 0 Å². The molecule has 1 fully saturated rings. The summed E-state index contributed by atoms with van der Waals surface area (Å²) < 4.78 is 40.9. The summed E-state index contributed by atoms with van der Waals surface area (Å²) in [6, 6.07) is 3.92. The van der Waals surface area contributed by atoms with Crippen LogP contribution in [0, 0.1) is 0 Å². The Morgan fingerprint density at radius 1 is 1.14 bits per heavy atom. The summed E-state index contributed by atoms with van der Waals surface area (Å²) in [4.78, 5) is 37.2. The van der Waals surface area contributed by atoms with Crippen LogP contribution in [-0.2, 0) is 9.53 Å². The van der Waals surface area contributed by atoms with Crippen molar-refractivity contribution >= 4 is 29.3 Å². The van der Waals surface area contributed by atoms with E-state index in [9.17, 15) is 27.6 Å². The molecule has 11 heteroatoms. The third kappa shape index (κ3) is 6.32. The second-order valence-corrected chi connectivity index (χ2v) is 6.12. The highest BCUT2D eigenvalue weighted by Crippen LogP contribution is 2.30. The molecule has 1 aromatic rings. The van der Waals surface area contributed by atoms with Crippen LogP contribution in [0.3, 0.4) is 0 Å². The van der Waals surface area contributed by atoms with E-state index in [0.29, 0.717) is 11.4 Å². The highest BCUT2D eigenvalue weighted by molar-refractivity contribution is 5.98.